The number of methoxy groups -OCH3 is 1. The molecule has 2 aromatic rings. The largest absolute Gasteiger partial charge is 0.458 e. The third kappa shape index (κ3) is 9.40. The smallest absolute Gasteiger partial charge is 0.317 e. The number of nitrogens with two attached hydrogens (primary N) is 1. The van der Waals surface area contributed by atoms with Gasteiger partial charge in [0.2, 0.25) is 0 Å². The van der Waals surface area contributed by atoms with Gasteiger partial charge in [-0.05, 0) is 68.0 Å². The van der Waals surface area contributed by atoms with Crippen molar-refractivity contribution in [3.8, 4) is 10.7 Å². The predicted molar refractivity (Wildman–Crippen MR) is 218 cm³/mol. The Morgan fingerprint density at radius 1 is 1.07 bits per heavy atom. The molecule has 15 atom stereocenters. The number of fused-ring (bicyclic) bond motifs is 1. The SMILES string of the molecule is CC[C@@H]1OC(=O)[C@H](C)C(=O)[C@H](C)[C@@H](OC2O[C@H](C)C[C@H](N(C)C)[C@H]2O)[C@](C)(OC)C[C@@H](C)C(=O)[C@H](C)[C@H]2[C@H](/C(N)=N/OC(C)c3nnc(-c4cnccn4)s3)C(=O)O[C@@]21C. The number of cyclic esters (lactones) is 1. The van der Waals surface area contributed by atoms with Crippen LogP contribution in [0.1, 0.15) is 92.7 Å². The summed E-state index contributed by atoms with van der Waals surface area (Å²) in [7, 11) is 5.16. The zero-order valence-electron chi connectivity index (χ0n) is 36.6. The van der Waals surface area contributed by atoms with Crippen molar-refractivity contribution >= 4 is 40.7 Å². The summed E-state index contributed by atoms with van der Waals surface area (Å²) < 4.78 is 31.1. The van der Waals surface area contributed by atoms with Gasteiger partial charge in [-0.25, -0.2) is 0 Å². The van der Waals surface area contributed by atoms with Crippen molar-refractivity contribution in [1.82, 2.24) is 25.1 Å². The highest BCUT2D eigenvalue weighted by molar-refractivity contribution is 7.14. The number of ether oxygens (including phenoxy) is 5. The number of likely N-dealkylation sites (N-methyl/N-ethyl adjacent to an activating group) is 1. The van der Waals surface area contributed by atoms with E-state index in [0.29, 0.717) is 22.1 Å². The fraction of sp³-hybridized carbons (Fsp3) is 0.732. The van der Waals surface area contributed by atoms with Crippen molar-refractivity contribution in [2.45, 2.75) is 136 Å². The van der Waals surface area contributed by atoms with Crippen LogP contribution in [0.2, 0.25) is 0 Å². The number of rotatable bonds is 10. The molecule has 3 fully saturated rings. The summed E-state index contributed by atoms with van der Waals surface area (Å²) in [5.74, 6) is -8.94. The molecular formula is C41H61N7O11S. The summed E-state index contributed by atoms with van der Waals surface area (Å²) in [5, 5.41) is 25.0. The molecule has 0 aromatic carbocycles. The number of hydrogen-bond acceptors (Lipinski definition) is 18. The van der Waals surface area contributed by atoms with E-state index in [0.717, 1.165) is 0 Å². The average molecular weight is 860 g/mol. The maximum atomic E-state index is 14.8. The second kappa shape index (κ2) is 18.9. The Bertz CT molecular complexity index is 1880. The lowest BCUT2D eigenvalue weighted by Gasteiger charge is -2.47. The van der Waals surface area contributed by atoms with Gasteiger partial charge in [0.1, 0.15) is 35.5 Å². The lowest BCUT2D eigenvalue weighted by atomic mass is 9.67. The van der Waals surface area contributed by atoms with Crippen molar-refractivity contribution in [3.63, 3.8) is 0 Å². The summed E-state index contributed by atoms with van der Waals surface area (Å²) >= 11 is 1.22. The number of hydrogen-bond donors (Lipinski definition) is 2. The molecule has 0 bridgehead atoms. The Hall–Kier alpha value is -4.01. The lowest BCUT2D eigenvalue weighted by molar-refractivity contribution is -0.295. The molecule has 2 aromatic heterocycles. The number of amidine groups is 1. The first-order valence-electron chi connectivity index (χ1n) is 20.5. The molecule has 3 N–H and O–H groups in total. The number of oxime groups is 1. The van der Waals surface area contributed by atoms with Crippen LogP contribution < -0.4 is 5.73 Å². The van der Waals surface area contributed by atoms with Crippen molar-refractivity contribution < 1.29 is 52.8 Å². The number of aliphatic hydroxyl groups excluding tert-OH is 1. The molecule has 18 nitrogen and oxygen atoms in total. The van der Waals surface area contributed by atoms with E-state index in [1.165, 1.54) is 25.4 Å². The first kappa shape index (κ1) is 47.0. The van der Waals surface area contributed by atoms with Crippen LogP contribution in [-0.2, 0) is 47.7 Å². The van der Waals surface area contributed by atoms with Gasteiger partial charge in [0.15, 0.2) is 39.6 Å². The molecule has 0 saturated carbocycles. The fourth-order valence-electron chi connectivity index (χ4n) is 9.10. The number of aliphatic hydroxyl groups is 1. The van der Waals surface area contributed by atoms with E-state index in [9.17, 15) is 24.3 Å². The molecule has 0 amide bonds. The molecular weight excluding hydrogens is 799 g/mol. The molecule has 0 spiro atoms. The molecule has 3 saturated heterocycles. The van der Waals surface area contributed by atoms with Gasteiger partial charge in [0, 0.05) is 49.2 Å². The van der Waals surface area contributed by atoms with Crippen molar-refractivity contribution in [3.05, 3.63) is 23.6 Å². The molecule has 3 aliphatic heterocycles. The zero-order chi connectivity index (χ0) is 44.4. The number of esters is 2. The first-order valence-corrected chi connectivity index (χ1v) is 21.3. The van der Waals surface area contributed by atoms with Crippen LogP contribution in [0.15, 0.2) is 23.7 Å². The quantitative estimate of drug-likeness (QED) is 0.114. The van der Waals surface area contributed by atoms with E-state index in [1.54, 1.807) is 67.1 Å². The van der Waals surface area contributed by atoms with Gasteiger partial charge in [-0.15, -0.1) is 10.2 Å². The van der Waals surface area contributed by atoms with E-state index in [2.05, 4.69) is 25.3 Å². The van der Waals surface area contributed by atoms with Crippen molar-refractivity contribution in [1.29, 1.82) is 0 Å². The zero-order valence-corrected chi connectivity index (χ0v) is 37.4. The van der Waals surface area contributed by atoms with Crippen LogP contribution in [0.3, 0.4) is 0 Å². The van der Waals surface area contributed by atoms with Crippen molar-refractivity contribution in [2.24, 2.45) is 46.4 Å². The molecule has 2 unspecified atom stereocenters. The molecule has 332 valence electrons. The molecule has 0 aliphatic carbocycles. The monoisotopic (exact) mass is 859 g/mol. The lowest BCUT2D eigenvalue weighted by Crippen LogP contribution is -2.59. The standard InChI is InChI=1S/C41H61N7O11S/c1-13-27-41(9)29(28(38(53)58-41)34(42)47-59-24(7)35-45-46-36(60-35)25-18-43-14-15-44-25)21(4)30(49)19(2)17-40(8,54-12)33(22(5)31(50)23(6)37(52)56-27)57-39-32(51)26(48(10)11)16-20(3)55-39/h14-15,18-24,26-29,32-33,39,51H,13,16-17H2,1-12H3,(H2,42,47)/t19-,20-,21-,22+,23-,24?,26+,27+,28-,29+,32-,33-,39?,40-,41-/m1/s1. The van der Waals surface area contributed by atoms with Crippen LogP contribution in [-0.4, -0.2) is 129 Å². The summed E-state index contributed by atoms with van der Waals surface area (Å²) in [6.45, 7) is 15.2. The van der Waals surface area contributed by atoms with Crippen LogP contribution in [0.4, 0.5) is 0 Å². The van der Waals surface area contributed by atoms with E-state index in [4.69, 9.17) is 34.3 Å². The summed E-state index contributed by atoms with van der Waals surface area (Å²) in [4.78, 5) is 73.1. The Morgan fingerprint density at radius 3 is 2.38 bits per heavy atom. The fourth-order valence-corrected chi connectivity index (χ4v) is 9.88. The van der Waals surface area contributed by atoms with Crippen LogP contribution >= 0.6 is 11.3 Å². The third-order valence-corrected chi connectivity index (χ3v) is 13.7. The summed E-state index contributed by atoms with van der Waals surface area (Å²) in [5.41, 5.74) is 4.20. The van der Waals surface area contributed by atoms with Crippen LogP contribution in [0.5, 0.6) is 0 Å². The van der Waals surface area contributed by atoms with Crippen LogP contribution in [0.25, 0.3) is 10.7 Å². The topological polar surface area (TPSA) is 237 Å². The molecule has 3 aliphatic rings. The number of ketones is 2. The highest BCUT2D eigenvalue weighted by Crippen LogP contribution is 2.48. The third-order valence-electron chi connectivity index (χ3n) is 12.6. The van der Waals surface area contributed by atoms with E-state index >= 15 is 0 Å². The van der Waals surface area contributed by atoms with Gasteiger partial charge in [-0.2, -0.15) is 0 Å². The van der Waals surface area contributed by atoms with Gasteiger partial charge in [-0.1, -0.05) is 44.2 Å². The molecule has 5 heterocycles. The minimum Gasteiger partial charge on any atom is -0.458 e. The number of nitrogens with zero attached hydrogens (tertiary/aromatic N) is 6. The molecule has 60 heavy (non-hydrogen) atoms. The summed E-state index contributed by atoms with van der Waals surface area (Å²) in [6, 6.07) is -0.311. The van der Waals surface area contributed by atoms with E-state index in [-0.39, 0.29) is 36.6 Å². The second-order valence-electron chi connectivity index (χ2n) is 17.1. The van der Waals surface area contributed by atoms with E-state index in [1.807, 2.05) is 25.9 Å². The van der Waals surface area contributed by atoms with Crippen molar-refractivity contribution in [2.75, 3.05) is 21.2 Å². The van der Waals surface area contributed by atoms with Crippen LogP contribution in [0, 0.1) is 35.5 Å². The second-order valence-corrected chi connectivity index (χ2v) is 18.1. The highest BCUT2D eigenvalue weighted by atomic mass is 32.1. The average Bonchev–Trinajstić information content (AvgIpc) is 3.83. The Balaban J connectivity index is 1.51. The Labute approximate surface area is 355 Å². The van der Waals surface area contributed by atoms with Gasteiger partial charge in [0.05, 0.1) is 24.0 Å². The van der Waals surface area contributed by atoms with Gasteiger partial charge in [0.25, 0.3) is 0 Å². The molecule has 5 rings (SSSR count). The number of Topliss-reactive ketones (excluding diaryl/α,β-unsaturated/α-hetero) is 2. The van der Waals surface area contributed by atoms with E-state index < -0.39 is 95.1 Å². The number of carbonyl (C=O) groups is 4. The van der Waals surface area contributed by atoms with Gasteiger partial charge in [-0.3, -0.25) is 29.1 Å². The first-order chi connectivity index (χ1) is 28.2. The Kier molecular flexibility index (Phi) is 14.9. The predicted octanol–water partition coefficient (Wildman–Crippen LogP) is 3.52. The minimum atomic E-state index is -1.58. The van der Waals surface area contributed by atoms with Gasteiger partial charge < -0.3 is 44.3 Å². The normalized spacial score (nSPS) is 37.9. The number of carbonyl (C=O) groups excluding carboxylic acids is 4. The minimum absolute atomic E-state index is 0.0476. The summed E-state index contributed by atoms with van der Waals surface area (Å²) in [6.07, 6.45) is -0.0796. The highest BCUT2D eigenvalue weighted by Gasteiger charge is 2.62. The molecule has 19 heteroatoms. The maximum absolute atomic E-state index is 14.8. The molecule has 0 radical (unpaired) electrons. The maximum Gasteiger partial charge on any atom is 0.317 e. The van der Waals surface area contributed by atoms with Gasteiger partial charge >= 0.3 is 11.9 Å². The number of aromatic nitrogens is 4. The Morgan fingerprint density at radius 2 is 1.77 bits per heavy atom.